The van der Waals surface area contributed by atoms with Crippen LogP contribution in [-0.2, 0) is 22.3 Å². The molecular weight excluding hydrogens is 306 g/mol. The summed E-state index contributed by atoms with van der Waals surface area (Å²) >= 11 is 0. The molecule has 2 atom stereocenters. The lowest BCUT2D eigenvalue weighted by Crippen LogP contribution is -2.06. The molecule has 3 nitrogen and oxygen atoms in total. The summed E-state index contributed by atoms with van der Waals surface area (Å²) in [5.41, 5.74) is 2.33. The summed E-state index contributed by atoms with van der Waals surface area (Å²) in [6.45, 7) is 5.40. The fourth-order valence-corrected chi connectivity index (χ4v) is 2.74. The molecular formula is C19H23NO2S. The molecule has 2 aromatic carbocycles. The van der Waals surface area contributed by atoms with Gasteiger partial charge >= 0.3 is 0 Å². The zero-order chi connectivity index (χ0) is 16.5. The molecule has 0 aliphatic carbocycles. The summed E-state index contributed by atoms with van der Waals surface area (Å²) in [5.74, 6) is 0.345. The van der Waals surface area contributed by atoms with Gasteiger partial charge in [0.15, 0.2) is 11.0 Å². The van der Waals surface area contributed by atoms with Gasteiger partial charge in [0, 0.05) is 12.8 Å². The van der Waals surface area contributed by atoms with Gasteiger partial charge in [-0.15, -0.1) is 0 Å². The first-order valence-electron chi connectivity index (χ1n) is 7.78. The molecule has 0 saturated heterocycles. The monoisotopic (exact) mass is 329 g/mol. The fraction of sp³-hybridized carbons (Fsp3) is 0.316. The van der Waals surface area contributed by atoms with E-state index in [1.807, 2.05) is 49.4 Å². The van der Waals surface area contributed by atoms with Crippen LogP contribution >= 0.6 is 0 Å². The molecule has 0 heterocycles. The molecule has 0 unspecified atom stereocenters. The van der Waals surface area contributed by atoms with E-state index in [-0.39, 0.29) is 0 Å². The summed E-state index contributed by atoms with van der Waals surface area (Å²) < 4.78 is 21.8. The van der Waals surface area contributed by atoms with E-state index in [1.54, 1.807) is 6.21 Å². The molecule has 2 aromatic rings. The molecule has 0 radical (unpaired) electrons. The van der Waals surface area contributed by atoms with Crippen molar-refractivity contribution in [2.24, 2.45) is 10.3 Å². The zero-order valence-electron chi connectivity index (χ0n) is 13.6. The van der Waals surface area contributed by atoms with Crippen LogP contribution in [0.3, 0.4) is 0 Å². The van der Waals surface area contributed by atoms with Crippen molar-refractivity contribution in [2.75, 3.05) is 6.61 Å². The molecule has 23 heavy (non-hydrogen) atoms. The highest BCUT2D eigenvalue weighted by atomic mass is 32.2. The SMILES string of the molecule is Cc1ccc([S@](=O)/N=C/C[C@@H](C)COCc2ccccc2)cc1. The average molecular weight is 329 g/mol. The molecule has 2 rings (SSSR count). The van der Waals surface area contributed by atoms with E-state index in [0.717, 1.165) is 16.9 Å². The second kappa shape index (κ2) is 9.38. The summed E-state index contributed by atoms with van der Waals surface area (Å²) in [4.78, 5) is 0.736. The van der Waals surface area contributed by atoms with Gasteiger partial charge in [0.25, 0.3) is 0 Å². The van der Waals surface area contributed by atoms with E-state index < -0.39 is 11.0 Å². The molecule has 0 amide bonds. The first kappa shape index (κ1) is 17.6. The first-order valence-corrected chi connectivity index (χ1v) is 8.88. The predicted octanol–water partition coefficient (Wildman–Crippen LogP) is 4.33. The lowest BCUT2D eigenvalue weighted by molar-refractivity contribution is 0.0943. The van der Waals surface area contributed by atoms with Crippen molar-refractivity contribution in [1.29, 1.82) is 0 Å². The topological polar surface area (TPSA) is 38.7 Å². The van der Waals surface area contributed by atoms with Crippen LogP contribution in [0.4, 0.5) is 0 Å². The Labute approximate surface area is 141 Å². The molecule has 0 fully saturated rings. The third-order valence-electron chi connectivity index (χ3n) is 3.41. The maximum atomic E-state index is 12.0. The van der Waals surface area contributed by atoms with Crippen LogP contribution in [-0.4, -0.2) is 17.0 Å². The fourth-order valence-electron chi connectivity index (χ4n) is 2.03. The van der Waals surface area contributed by atoms with Gasteiger partial charge in [0.1, 0.15) is 0 Å². The van der Waals surface area contributed by atoms with Crippen molar-refractivity contribution in [3.05, 3.63) is 65.7 Å². The largest absolute Gasteiger partial charge is 0.376 e. The van der Waals surface area contributed by atoms with Crippen LogP contribution in [0.2, 0.25) is 0 Å². The van der Waals surface area contributed by atoms with Crippen LogP contribution in [0.5, 0.6) is 0 Å². The Bertz CT molecular complexity index is 638. The molecule has 122 valence electrons. The van der Waals surface area contributed by atoms with E-state index >= 15 is 0 Å². The van der Waals surface area contributed by atoms with Crippen LogP contribution in [0.15, 0.2) is 63.9 Å². The molecule has 4 heteroatoms. The van der Waals surface area contributed by atoms with E-state index in [0.29, 0.717) is 19.1 Å². The summed E-state index contributed by atoms with van der Waals surface area (Å²) in [5, 5.41) is 0. The van der Waals surface area contributed by atoms with Crippen molar-refractivity contribution in [2.45, 2.75) is 31.8 Å². The highest BCUT2D eigenvalue weighted by molar-refractivity contribution is 7.83. The number of benzene rings is 2. The van der Waals surface area contributed by atoms with Gasteiger partial charge in [-0.3, -0.25) is 0 Å². The number of nitrogens with zero attached hydrogens (tertiary/aromatic N) is 1. The highest BCUT2D eigenvalue weighted by Crippen LogP contribution is 2.10. The van der Waals surface area contributed by atoms with E-state index in [9.17, 15) is 4.21 Å². The number of hydrogen-bond acceptors (Lipinski definition) is 2. The Morgan fingerprint density at radius 3 is 2.52 bits per heavy atom. The van der Waals surface area contributed by atoms with E-state index in [2.05, 4.69) is 23.5 Å². The number of aryl methyl sites for hydroxylation is 1. The normalized spacial score (nSPS) is 14.0. The zero-order valence-corrected chi connectivity index (χ0v) is 14.5. The maximum absolute atomic E-state index is 12.0. The van der Waals surface area contributed by atoms with Crippen LogP contribution < -0.4 is 0 Å². The molecule has 0 bridgehead atoms. The highest BCUT2D eigenvalue weighted by Gasteiger charge is 2.03. The first-order chi connectivity index (χ1) is 11.1. The smallest absolute Gasteiger partial charge is 0.172 e. The molecule has 0 aliphatic heterocycles. The van der Waals surface area contributed by atoms with E-state index in [1.165, 1.54) is 5.56 Å². The minimum Gasteiger partial charge on any atom is -0.376 e. The molecule has 0 N–H and O–H groups in total. The summed E-state index contributed by atoms with van der Waals surface area (Å²) in [6, 6.07) is 17.7. The van der Waals surface area contributed by atoms with Gasteiger partial charge in [-0.25, -0.2) is 4.21 Å². The lowest BCUT2D eigenvalue weighted by atomic mass is 10.1. The summed E-state index contributed by atoms with van der Waals surface area (Å²) in [6.07, 6.45) is 2.50. The van der Waals surface area contributed by atoms with Crippen LogP contribution in [0.25, 0.3) is 0 Å². The van der Waals surface area contributed by atoms with Crippen molar-refractivity contribution < 1.29 is 8.95 Å². The van der Waals surface area contributed by atoms with Crippen molar-refractivity contribution in [3.63, 3.8) is 0 Å². The quantitative estimate of drug-likeness (QED) is 0.676. The lowest BCUT2D eigenvalue weighted by Gasteiger charge is -2.09. The number of rotatable bonds is 8. The Balaban J connectivity index is 1.70. The number of ether oxygens (including phenoxy) is 1. The standard InChI is InChI=1S/C19H23NO2S/c1-16-8-10-19(11-9-16)23(21)20-13-12-17(2)14-22-15-18-6-4-3-5-7-18/h3-11,13,17H,12,14-15H2,1-2H3/b20-13+/t17-,23+/m1/s1. The Morgan fingerprint density at radius 1 is 1.13 bits per heavy atom. The van der Waals surface area contributed by atoms with Gasteiger partial charge in [-0.1, -0.05) is 55.0 Å². The van der Waals surface area contributed by atoms with E-state index in [4.69, 9.17) is 4.74 Å². The van der Waals surface area contributed by atoms with Gasteiger partial charge in [-0.2, -0.15) is 4.40 Å². The Kier molecular flexibility index (Phi) is 7.17. The minimum atomic E-state index is -1.31. The number of hydrogen-bond donors (Lipinski definition) is 0. The van der Waals surface area contributed by atoms with Crippen LogP contribution in [0, 0.1) is 12.8 Å². The summed E-state index contributed by atoms with van der Waals surface area (Å²) in [7, 11) is -1.31. The van der Waals surface area contributed by atoms with Gasteiger partial charge < -0.3 is 4.74 Å². The van der Waals surface area contributed by atoms with Crippen molar-refractivity contribution >= 4 is 17.2 Å². The van der Waals surface area contributed by atoms with Crippen molar-refractivity contribution in [1.82, 2.24) is 0 Å². The third-order valence-corrected chi connectivity index (χ3v) is 4.43. The maximum Gasteiger partial charge on any atom is 0.172 e. The Morgan fingerprint density at radius 2 is 1.83 bits per heavy atom. The second-order valence-electron chi connectivity index (χ2n) is 5.69. The van der Waals surface area contributed by atoms with Crippen LogP contribution in [0.1, 0.15) is 24.5 Å². The van der Waals surface area contributed by atoms with Crippen molar-refractivity contribution in [3.8, 4) is 0 Å². The van der Waals surface area contributed by atoms with Gasteiger partial charge in [0.2, 0.25) is 0 Å². The molecule has 0 aliphatic rings. The van der Waals surface area contributed by atoms with Gasteiger partial charge in [-0.05, 0) is 37.0 Å². The average Bonchev–Trinajstić information content (AvgIpc) is 2.56. The second-order valence-corrected chi connectivity index (χ2v) is 6.87. The predicted molar refractivity (Wildman–Crippen MR) is 96.0 cm³/mol. The third kappa shape index (κ3) is 6.47. The molecule has 0 saturated carbocycles. The Hall–Kier alpha value is -1.78. The minimum absolute atomic E-state index is 0.345. The molecule has 0 spiro atoms. The van der Waals surface area contributed by atoms with Gasteiger partial charge in [0.05, 0.1) is 11.5 Å². The molecule has 0 aromatic heterocycles.